The molecule has 1 aromatic heterocycles. The van der Waals surface area contributed by atoms with Gasteiger partial charge in [-0.25, -0.2) is 9.97 Å². The van der Waals surface area contributed by atoms with E-state index in [1.165, 1.54) is 37.2 Å². The molecule has 0 radical (unpaired) electrons. The van der Waals surface area contributed by atoms with Gasteiger partial charge in [0.2, 0.25) is 0 Å². The van der Waals surface area contributed by atoms with Crippen molar-refractivity contribution in [3.8, 4) is 0 Å². The van der Waals surface area contributed by atoms with Crippen LogP contribution in [0.1, 0.15) is 43.0 Å². The molecular weight excluding hydrogens is 256 g/mol. The fraction of sp³-hybridized carbons (Fsp3) is 0.714. The van der Waals surface area contributed by atoms with Gasteiger partial charge in [-0.05, 0) is 44.1 Å². The maximum absolute atomic E-state index is 4.77. The predicted molar refractivity (Wildman–Crippen MR) is 82.3 cm³/mol. The van der Waals surface area contributed by atoms with Gasteiger partial charge >= 0.3 is 0 Å². The molecule has 1 saturated carbocycles. The molecule has 1 saturated heterocycles. The van der Waals surface area contributed by atoms with E-state index in [9.17, 15) is 0 Å². The third-order valence-corrected chi connectivity index (χ3v) is 4.95. The fourth-order valence-electron chi connectivity index (χ4n) is 2.48. The molecule has 2 aliphatic rings. The van der Waals surface area contributed by atoms with Crippen LogP contribution in [0, 0.1) is 6.92 Å². The molecule has 3 rings (SSSR count). The van der Waals surface area contributed by atoms with Crippen molar-refractivity contribution in [1.82, 2.24) is 9.97 Å². The number of rotatable bonds is 4. The van der Waals surface area contributed by atoms with Crippen LogP contribution in [0.15, 0.2) is 0 Å². The summed E-state index contributed by atoms with van der Waals surface area (Å²) in [5.74, 6) is 6.15. The molecule has 1 aromatic rings. The van der Waals surface area contributed by atoms with Crippen LogP contribution in [0.4, 0.5) is 11.6 Å². The molecule has 19 heavy (non-hydrogen) atoms. The SMILES string of the molecule is CNc1nc(C2CC2)nc(NC2CCSCC2)c1C. The summed E-state index contributed by atoms with van der Waals surface area (Å²) in [6, 6.07) is 0.576. The number of hydrogen-bond donors (Lipinski definition) is 2. The third kappa shape index (κ3) is 2.96. The maximum Gasteiger partial charge on any atom is 0.136 e. The summed E-state index contributed by atoms with van der Waals surface area (Å²) in [5, 5.41) is 6.84. The van der Waals surface area contributed by atoms with Crippen LogP contribution in [-0.4, -0.2) is 34.6 Å². The van der Waals surface area contributed by atoms with Crippen LogP contribution in [0.25, 0.3) is 0 Å². The number of nitrogens with one attached hydrogen (secondary N) is 2. The molecule has 1 aliphatic carbocycles. The summed E-state index contributed by atoms with van der Waals surface area (Å²) in [4.78, 5) is 9.41. The highest BCUT2D eigenvalue weighted by Gasteiger charge is 2.28. The summed E-state index contributed by atoms with van der Waals surface area (Å²) in [7, 11) is 1.94. The zero-order valence-corrected chi connectivity index (χ0v) is 12.5. The molecule has 0 aromatic carbocycles. The molecule has 2 N–H and O–H groups in total. The molecule has 0 amide bonds. The Labute approximate surface area is 119 Å². The van der Waals surface area contributed by atoms with E-state index in [-0.39, 0.29) is 0 Å². The maximum atomic E-state index is 4.77. The smallest absolute Gasteiger partial charge is 0.136 e. The average Bonchev–Trinajstić information content (AvgIpc) is 3.27. The van der Waals surface area contributed by atoms with Crippen molar-refractivity contribution in [2.45, 2.75) is 44.6 Å². The molecular formula is C14H22N4S. The first-order chi connectivity index (χ1) is 9.28. The molecule has 5 heteroatoms. The first-order valence-electron chi connectivity index (χ1n) is 7.18. The summed E-state index contributed by atoms with van der Waals surface area (Å²) in [5.41, 5.74) is 1.14. The van der Waals surface area contributed by atoms with Crippen molar-refractivity contribution >= 4 is 23.4 Å². The van der Waals surface area contributed by atoms with E-state index in [1.54, 1.807) is 0 Å². The third-order valence-electron chi connectivity index (χ3n) is 3.90. The van der Waals surface area contributed by atoms with E-state index in [0.717, 1.165) is 23.0 Å². The largest absolute Gasteiger partial charge is 0.373 e. The Morgan fingerprint density at radius 2 is 1.74 bits per heavy atom. The number of nitrogens with zero attached hydrogens (tertiary/aromatic N) is 2. The molecule has 4 nitrogen and oxygen atoms in total. The second kappa shape index (κ2) is 5.57. The first-order valence-corrected chi connectivity index (χ1v) is 8.34. The summed E-state index contributed by atoms with van der Waals surface area (Å²) in [6.45, 7) is 2.10. The lowest BCUT2D eigenvalue weighted by molar-refractivity contribution is 0.661. The highest BCUT2D eigenvalue weighted by Crippen LogP contribution is 2.39. The van der Waals surface area contributed by atoms with E-state index >= 15 is 0 Å². The van der Waals surface area contributed by atoms with Gasteiger partial charge in [0.25, 0.3) is 0 Å². The molecule has 0 unspecified atom stereocenters. The minimum Gasteiger partial charge on any atom is -0.373 e. The number of hydrogen-bond acceptors (Lipinski definition) is 5. The van der Waals surface area contributed by atoms with Crippen molar-refractivity contribution in [3.05, 3.63) is 11.4 Å². The van der Waals surface area contributed by atoms with Crippen LogP contribution in [0.2, 0.25) is 0 Å². The Morgan fingerprint density at radius 1 is 1.05 bits per heavy atom. The Morgan fingerprint density at radius 3 is 2.37 bits per heavy atom. The van der Waals surface area contributed by atoms with Crippen LogP contribution < -0.4 is 10.6 Å². The van der Waals surface area contributed by atoms with Gasteiger partial charge < -0.3 is 10.6 Å². The summed E-state index contributed by atoms with van der Waals surface area (Å²) in [6.07, 6.45) is 4.96. The molecule has 104 valence electrons. The van der Waals surface area contributed by atoms with Crippen LogP contribution in [0.5, 0.6) is 0 Å². The van der Waals surface area contributed by atoms with E-state index in [0.29, 0.717) is 12.0 Å². The summed E-state index contributed by atoms with van der Waals surface area (Å²) < 4.78 is 0. The van der Waals surface area contributed by atoms with E-state index in [4.69, 9.17) is 4.98 Å². The van der Waals surface area contributed by atoms with Gasteiger partial charge in [-0.15, -0.1) is 0 Å². The van der Waals surface area contributed by atoms with Crippen molar-refractivity contribution in [2.75, 3.05) is 29.2 Å². The number of thioether (sulfide) groups is 1. The molecule has 0 atom stereocenters. The minimum absolute atomic E-state index is 0.576. The monoisotopic (exact) mass is 278 g/mol. The standard InChI is InChI=1S/C14H22N4S/c1-9-12(15-2)17-14(10-3-4-10)18-13(9)16-11-5-7-19-8-6-11/h10-11H,3-8H2,1-2H3,(H2,15,16,17,18). The molecule has 0 bridgehead atoms. The van der Waals surface area contributed by atoms with Gasteiger partial charge in [-0.1, -0.05) is 0 Å². The molecule has 0 spiro atoms. The quantitative estimate of drug-likeness (QED) is 0.886. The Kier molecular flexibility index (Phi) is 3.82. The topological polar surface area (TPSA) is 49.8 Å². The first kappa shape index (κ1) is 13.0. The second-order valence-corrected chi connectivity index (χ2v) is 6.68. The van der Waals surface area contributed by atoms with Gasteiger partial charge in [0.1, 0.15) is 17.5 Å². The average molecular weight is 278 g/mol. The van der Waals surface area contributed by atoms with Crippen LogP contribution >= 0.6 is 11.8 Å². The highest BCUT2D eigenvalue weighted by atomic mass is 32.2. The Bertz CT molecular complexity index is 453. The zero-order valence-electron chi connectivity index (χ0n) is 11.7. The molecule has 1 aliphatic heterocycles. The Balaban J connectivity index is 1.83. The molecule has 2 fully saturated rings. The van der Waals surface area contributed by atoms with Crippen LogP contribution in [-0.2, 0) is 0 Å². The Hall–Kier alpha value is -0.970. The van der Waals surface area contributed by atoms with E-state index < -0.39 is 0 Å². The number of aromatic nitrogens is 2. The lowest BCUT2D eigenvalue weighted by Gasteiger charge is -2.24. The van der Waals surface area contributed by atoms with E-state index in [2.05, 4.69) is 34.3 Å². The second-order valence-electron chi connectivity index (χ2n) is 5.46. The lowest BCUT2D eigenvalue weighted by atomic mass is 10.1. The van der Waals surface area contributed by atoms with Crippen molar-refractivity contribution in [1.29, 1.82) is 0 Å². The minimum atomic E-state index is 0.576. The fourth-order valence-corrected chi connectivity index (χ4v) is 3.58. The highest BCUT2D eigenvalue weighted by molar-refractivity contribution is 7.99. The van der Waals surface area contributed by atoms with Crippen molar-refractivity contribution in [2.24, 2.45) is 0 Å². The van der Waals surface area contributed by atoms with Gasteiger partial charge in [-0.2, -0.15) is 11.8 Å². The molecule has 2 heterocycles. The van der Waals surface area contributed by atoms with Gasteiger partial charge in [-0.3, -0.25) is 0 Å². The van der Waals surface area contributed by atoms with Crippen LogP contribution in [0.3, 0.4) is 0 Å². The summed E-state index contributed by atoms with van der Waals surface area (Å²) >= 11 is 2.05. The van der Waals surface area contributed by atoms with Crippen molar-refractivity contribution in [3.63, 3.8) is 0 Å². The van der Waals surface area contributed by atoms with Gasteiger partial charge in [0.05, 0.1) is 0 Å². The van der Waals surface area contributed by atoms with E-state index in [1.807, 2.05) is 7.05 Å². The number of anilines is 2. The van der Waals surface area contributed by atoms with Gasteiger partial charge in [0, 0.05) is 24.6 Å². The van der Waals surface area contributed by atoms with Gasteiger partial charge in [0.15, 0.2) is 0 Å². The zero-order chi connectivity index (χ0) is 13.2. The predicted octanol–water partition coefficient (Wildman–Crippen LogP) is 3.01. The normalized spacial score (nSPS) is 20.3. The lowest BCUT2D eigenvalue weighted by Crippen LogP contribution is -2.26. The van der Waals surface area contributed by atoms with Crippen molar-refractivity contribution < 1.29 is 0 Å².